The summed E-state index contributed by atoms with van der Waals surface area (Å²) in [5, 5.41) is 13.3. The third-order valence-electron chi connectivity index (χ3n) is 3.81. The Bertz CT molecular complexity index is 911. The van der Waals surface area contributed by atoms with Gasteiger partial charge in [-0.2, -0.15) is 5.21 Å². The summed E-state index contributed by atoms with van der Waals surface area (Å²) in [6.45, 7) is 1.85. The summed E-state index contributed by atoms with van der Waals surface area (Å²) >= 11 is 0. The zero-order valence-corrected chi connectivity index (χ0v) is 13.6. The van der Waals surface area contributed by atoms with Crippen LogP contribution in [-0.4, -0.2) is 38.5 Å². The fourth-order valence-electron chi connectivity index (χ4n) is 2.55. The summed E-state index contributed by atoms with van der Waals surface area (Å²) in [6, 6.07) is 8.37. The Balaban J connectivity index is 1.85. The number of amides is 1. The lowest BCUT2D eigenvalue weighted by Crippen LogP contribution is -2.26. The summed E-state index contributed by atoms with van der Waals surface area (Å²) < 4.78 is 27.7. The van der Waals surface area contributed by atoms with Gasteiger partial charge in [0.15, 0.2) is 5.82 Å². The minimum absolute atomic E-state index is 0.149. The molecule has 3 aromatic rings. The van der Waals surface area contributed by atoms with E-state index in [1.54, 1.807) is 14.0 Å². The Morgan fingerprint density at radius 2 is 1.92 bits per heavy atom. The standard InChI is InChI=1S/C17H15F2N5O/c1-10-7-12(18)4-6-13(10)14-5-3-11(8-15(14)19)17(25)24(2)9-16-20-22-23-21-16/h3-8H,9H2,1-2H3,(H,20,21,22,23). The van der Waals surface area contributed by atoms with E-state index in [0.29, 0.717) is 22.5 Å². The van der Waals surface area contributed by atoms with Crippen LogP contribution in [0.3, 0.4) is 0 Å². The predicted octanol–water partition coefficient (Wildman–Crippen LogP) is 2.73. The Labute approximate surface area is 142 Å². The molecule has 6 nitrogen and oxygen atoms in total. The van der Waals surface area contributed by atoms with Crippen LogP contribution in [0.5, 0.6) is 0 Å². The first kappa shape index (κ1) is 16.7. The van der Waals surface area contributed by atoms with Crippen molar-refractivity contribution in [2.75, 3.05) is 7.05 Å². The number of halogens is 2. The highest BCUT2D eigenvalue weighted by Crippen LogP contribution is 2.27. The number of benzene rings is 2. The molecule has 1 heterocycles. The molecule has 128 valence electrons. The highest BCUT2D eigenvalue weighted by molar-refractivity contribution is 5.94. The lowest BCUT2D eigenvalue weighted by Gasteiger charge is -2.16. The summed E-state index contributed by atoms with van der Waals surface area (Å²) in [5.41, 5.74) is 1.71. The first-order valence-corrected chi connectivity index (χ1v) is 7.49. The number of aromatic amines is 1. The van der Waals surface area contributed by atoms with Crippen molar-refractivity contribution in [3.63, 3.8) is 0 Å². The van der Waals surface area contributed by atoms with Crippen LogP contribution in [0.1, 0.15) is 21.7 Å². The third kappa shape index (κ3) is 3.52. The molecular weight excluding hydrogens is 328 g/mol. The van der Waals surface area contributed by atoms with Gasteiger partial charge in [0.05, 0.1) is 6.54 Å². The van der Waals surface area contributed by atoms with Gasteiger partial charge in [-0.3, -0.25) is 4.79 Å². The second kappa shape index (κ2) is 6.76. The molecule has 0 aliphatic rings. The zero-order valence-electron chi connectivity index (χ0n) is 13.6. The highest BCUT2D eigenvalue weighted by atomic mass is 19.1. The lowest BCUT2D eigenvalue weighted by molar-refractivity contribution is 0.0781. The first-order valence-electron chi connectivity index (χ1n) is 7.49. The zero-order chi connectivity index (χ0) is 18.0. The molecule has 1 amide bonds. The molecule has 0 radical (unpaired) electrons. The molecule has 25 heavy (non-hydrogen) atoms. The summed E-state index contributed by atoms with van der Waals surface area (Å²) in [6.07, 6.45) is 0. The maximum atomic E-state index is 14.5. The maximum absolute atomic E-state index is 14.5. The number of rotatable bonds is 4. The second-order valence-electron chi connectivity index (χ2n) is 5.64. The molecule has 0 spiro atoms. The van der Waals surface area contributed by atoms with E-state index in [2.05, 4.69) is 20.6 Å². The van der Waals surface area contributed by atoms with Crippen LogP contribution in [-0.2, 0) is 6.54 Å². The van der Waals surface area contributed by atoms with Crippen molar-refractivity contribution in [3.8, 4) is 11.1 Å². The van der Waals surface area contributed by atoms with Crippen LogP contribution in [0.25, 0.3) is 11.1 Å². The van der Waals surface area contributed by atoms with Crippen LogP contribution >= 0.6 is 0 Å². The predicted molar refractivity (Wildman–Crippen MR) is 86.5 cm³/mol. The number of nitrogens with zero attached hydrogens (tertiary/aromatic N) is 4. The lowest BCUT2D eigenvalue weighted by atomic mass is 9.98. The van der Waals surface area contributed by atoms with Crippen molar-refractivity contribution in [1.29, 1.82) is 0 Å². The highest BCUT2D eigenvalue weighted by Gasteiger charge is 2.17. The molecule has 2 aromatic carbocycles. The molecule has 0 bridgehead atoms. The van der Waals surface area contributed by atoms with E-state index in [4.69, 9.17) is 0 Å². The molecule has 3 rings (SSSR count). The Morgan fingerprint density at radius 3 is 2.56 bits per heavy atom. The van der Waals surface area contributed by atoms with Crippen molar-refractivity contribution < 1.29 is 13.6 Å². The van der Waals surface area contributed by atoms with Crippen LogP contribution < -0.4 is 0 Å². The van der Waals surface area contributed by atoms with Gasteiger partial charge in [0.1, 0.15) is 11.6 Å². The van der Waals surface area contributed by atoms with Gasteiger partial charge < -0.3 is 4.90 Å². The van der Waals surface area contributed by atoms with Gasteiger partial charge in [0.25, 0.3) is 5.91 Å². The average Bonchev–Trinajstić information content (AvgIpc) is 3.07. The van der Waals surface area contributed by atoms with Gasteiger partial charge in [-0.15, -0.1) is 10.2 Å². The number of carbonyl (C=O) groups excluding carboxylic acids is 1. The van der Waals surface area contributed by atoms with Gasteiger partial charge >= 0.3 is 0 Å². The molecule has 0 unspecified atom stereocenters. The molecule has 0 saturated heterocycles. The quantitative estimate of drug-likeness (QED) is 0.790. The molecule has 1 N–H and O–H groups in total. The van der Waals surface area contributed by atoms with Crippen molar-refractivity contribution in [2.45, 2.75) is 13.5 Å². The maximum Gasteiger partial charge on any atom is 0.254 e. The van der Waals surface area contributed by atoms with Gasteiger partial charge in [0, 0.05) is 18.2 Å². The van der Waals surface area contributed by atoms with E-state index in [1.165, 1.54) is 41.3 Å². The van der Waals surface area contributed by atoms with Gasteiger partial charge in [-0.25, -0.2) is 8.78 Å². The number of H-pyrrole nitrogens is 1. The average molecular weight is 343 g/mol. The Morgan fingerprint density at radius 1 is 1.16 bits per heavy atom. The van der Waals surface area contributed by atoms with E-state index in [-0.39, 0.29) is 23.8 Å². The number of hydrogen-bond acceptors (Lipinski definition) is 4. The first-order chi connectivity index (χ1) is 12.0. The van der Waals surface area contributed by atoms with Gasteiger partial charge in [0.2, 0.25) is 0 Å². The number of tetrazole rings is 1. The minimum Gasteiger partial charge on any atom is -0.334 e. The molecule has 0 atom stereocenters. The van der Waals surface area contributed by atoms with Crippen LogP contribution in [0, 0.1) is 18.6 Å². The summed E-state index contributed by atoms with van der Waals surface area (Å²) in [7, 11) is 1.56. The topological polar surface area (TPSA) is 74.8 Å². The summed E-state index contributed by atoms with van der Waals surface area (Å²) in [5.74, 6) is -0.939. The summed E-state index contributed by atoms with van der Waals surface area (Å²) in [4.78, 5) is 13.8. The Kier molecular flexibility index (Phi) is 4.51. The van der Waals surface area contributed by atoms with Crippen LogP contribution in [0.2, 0.25) is 0 Å². The van der Waals surface area contributed by atoms with Crippen LogP contribution in [0.15, 0.2) is 36.4 Å². The SMILES string of the molecule is Cc1cc(F)ccc1-c1ccc(C(=O)N(C)Cc2nn[nH]n2)cc1F. The van der Waals surface area contributed by atoms with Crippen molar-refractivity contribution in [2.24, 2.45) is 0 Å². The molecule has 0 fully saturated rings. The molecule has 0 aliphatic carbocycles. The largest absolute Gasteiger partial charge is 0.334 e. The van der Waals surface area contributed by atoms with Crippen molar-refractivity contribution in [1.82, 2.24) is 25.5 Å². The number of aromatic nitrogens is 4. The van der Waals surface area contributed by atoms with Gasteiger partial charge in [-0.1, -0.05) is 17.3 Å². The smallest absolute Gasteiger partial charge is 0.254 e. The van der Waals surface area contributed by atoms with E-state index in [0.717, 1.165) is 0 Å². The normalized spacial score (nSPS) is 10.7. The molecule has 0 saturated carbocycles. The molecule has 1 aromatic heterocycles. The fourth-order valence-corrected chi connectivity index (χ4v) is 2.55. The van der Waals surface area contributed by atoms with Crippen molar-refractivity contribution >= 4 is 5.91 Å². The van der Waals surface area contributed by atoms with E-state index in [9.17, 15) is 13.6 Å². The number of aryl methyl sites for hydroxylation is 1. The molecular formula is C17H15F2N5O. The van der Waals surface area contributed by atoms with E-state index < -0.39 is 5.82 Å². The third-order valence-corrected chi connectivity index (χ3v) is 3.81. The number of carbonyl (C=O) groups is 1. The van der Waals surface area contributed by atoms with Crippen molar-refractivity contribution in [3.05, 3.63) is 65.0 Å². The molecule has 8 heteroatoms. The second-order valence-corrected chi connectivity index (χ2v) is 5.64. The van der Waals surface area contributed by atoms with E-state index >= 15 is 0 Å². The minimum atomic E-state index is -0.548. The Hall–Kier alpha value is -3.16. The van der Waals surface area contributed by atoms with E-state index in [1.807, 2.05) is 0 Å². The fraction of sp³-hybridized carbons (Fsp3) is 0.176. The van der Waals surface area contributed by atoms with Crippen LogP contribution in [0.4, 0.5) is 8.78 Å². The monoisotopic (exact) mass is 343 g/mol. The number of nitrogens with one attached hydrogen (secondary N) is 1. The van der Waals surface area contributed by atoms with Gasteiger partial charge in [-0.05, 0) is 42.3 Å². The number of hydrogen-bond donors (Lipinski definition) is 1. The molecule has 0 aliphatic heterocycles.